The normalized spacial score (nSPS) is 35.3. The average molecular weight is 191 g/mol. The highest BCUT2D eigenvalue weighted by Gasteiger charge is 2.24. The van der Waals surface area contributed by atoms with Crippen LogP contribution >= 0.6 is 0 Å². The van der Waals surface area contributed by atoms with Crippen LogP contribution in [0.3, 0.4) is 0 Å². The minimum Gasteiger partial charge on any atom is -0.309 e. The van der Waals surface area contributed by atoms with Gasteiger partial charge in [0.25, 0.3) is 6.43 Å². The van der Waals surface area contributed by atoms with Gasteiger partial charge in [-0.05, 0) is 31.1 Å². The Morgan fingerprint density at radius 1 is 1.23 bits per heavy atom. The quantitative estimate of drug-likeness (QED) is 0.723. The Kier molecular flexibility index (Phi) is 4.10. The summed E-state index contributed by atoms with van der Waals surface area (Å²) in [5.41, 5.74) is 0. The molecule has 0 aromatic carbocycles. The van der Waals surface area contributed by atoms with Crippen LogP contribution in [0.15, 0.2) is 0 Å². The predicted octanol–water partition coefficient (Wildman–Crippen LogP) is 2.67. The van der Waals surface area contributed by atoms with Crippen molar-refractivity contribution in [1.82, 2.24) is 5.32 Å². The molecular weight excluding hydrogens is 172 g/mol. The third kappa shape index (κ3) is 3.59. The highest BCUT2D eigenvalue weighted by Crippen LogP contribution is 2.29. The molecule has 0 aromatic heterocycles. The van der Waals surface area contributed by atoms with E-state index in [2.05, 4.69) is 19.2 Å². The van der Waals surface area contributed by atoms with Crippen molar-refractivity contribution in [1.29, 1.82) is 0 Å². The molecule has 13 heavy (non-hydrogen) atoms. The summed E-state index contributed by atoms with van der Waals surface area (Å²) >= 11 is 0. The van der Waals surface area contributed by atoms with Gasteiger partial charge < -0.3 is 5.32 Å². The first kappa shape index (κ1) is 10.9. The fourth-order valence-corrected chi connectivity index (χ4v) is 1.99. The van der Waals surface area contributed by atoms with Crippen molar-refractivity contribution in [3.8, 4) is 0 Å². The number of rotatable bonds is 3. The summed E-state index contributed by atoms with van der Waals surface area (Å²) < 4.78 is 23.8. The van der Waals surface area contributed by atoms with Crippen LogP contribution in [-0.2, 0) is 0 Å². The molecule has 0 spiro atoms. The zero-order valence-corrected chi connectivity index (χ0v) is 8.39. The van der Waals surface area contributed by atoms with Gasteiger partial charge >= 0.3 is 0 Å². The second kappa shape index (κ2) is 4.89. The second-order valence-electron chi connectivity index (χ2n) is 4.26. The van der Waals surface area contributed by atoms with Crippen molar-refractivity contribution in [2.45, 2.75) is 45.6 Å². The summed E-state index contributed by atoms with van der Waals surface area (Å²) in [5.74, 6) is 1.42. The summed E-state index contributed by atoms with van der Waals surface area (Å²) in [6, 6.07) is 0.320. The topological polar surface area (TPSA) is 12.0 Å². The van der Waals surface area contributed by atoms with Crippen molar-refractivity contribution in [3.63, 3.8) is 0 Å². The Labute approximate surface area is 78.9 Å². The van der Waals surface area contributed by atoms with E-state index >= 15 is 0 Å². The molecular formula is C10H19F2N. The lowest BCUT2D eigenvalue weighted by atomic mass is 9.79. The molecule has 1 aliphatic carbocycles. The molecule has 0 amide bonds. The highest BCUT2D eigenvalue weighted by atomic mass is 19.3. The van der Waals surface area contributed by atoms with Crippen LogP contribution < -0.4 is 5.32 Å². The zero-order valence-electron chi connectivity index (χ0n) is 8.39. The highest BCUT2D eigenvalue weighted by molar-refractivity contribution is 4.79. The van der Waals surface area contributed by atoms with Gasteiger partial charge in [0.15, 0.2) is 0 Å². The SMILES string of the molecule is CC1CCC(NCC(F)F)CC1C. The zero-order chi connectivity index (χ0) is 9.84. The van der Waals surface area contributed by atoms with Crippen molar-refractivity contribution in [2.24, 2.45) is 11.8 Å². The van der Waals surface area contributed by atoms with Crippen LogP contribution in [0, 0.1) is 11.8 Å². The molecule has 1 N–H and O–H groups in total. The maximum absolute atomic E-state index is 11.9. The molecule has 0 radical (unpaired) electrons. The number of nitrogens with one attached hydrogen (secondary N) is 1. The van der Waals surface area contributed by atoms with Crippen molar-refractivity contribution in [3.05, 3.63) is 0 Å². The van der Waals surface area contributed by atoms with Gasteiger partial charge in [0.05, 0.1) is 6.54 Å². The van der Waals surface area contributed by atoms with E-state index in [-0.39, 0.29) is 6.54 Å². The molecule has 0 bridgehead atoms. The Morgan fingerprint density at radius 2 is 1.92 bits per heavy atom. The summed E-state index contributed by atoms with van der Waals surface area (Å²) in [7, 11) is 0. The van der Waals surface area contributed by atoms with Crippen LogP contribution in [0.2, 0.25) is 0 Å². The summed E-state index contributed by atoms with van der Waals surface area (Å²) in [6.45, 7) is 4.31. The summed E-state index contributed by atoms with van der Waals surface area (Å²) in [6.07, 6.45) is 1.06. The third-order valence-corrected chi connectivity index (χ3v) is 3.16. The van der Waals surface area contributed by atoms with Gasteiger partial charge in [0, 0.05) is 6.04 Å². The Hall–Kier alpha value is -0.180. The largest absolute Gasteiger partial charge is 0.309 e. The maximum Gasteiger partial charge on any atom is 0.250 e. The molecule has 3 heteroatoms. The third-order valence-electron chi connectivity index (χ3n) is 3.16. The summed E-state index contributed by atoms with van der Waals surface area (Å²) in [4.78, 5) is 0. The van der Waals surface area contributed by atoms with Crippen LogP contribution in [0.25, 0.3) is 0 Å². The minimum atomic E-state index is -2.21. The van der Waals surface area contributed by atoms with E-state index in [1.807, 2.05) is 0 Å². The number of alkyl halides is 2. The van der Waals surface area contributed by atoms with Crippen LogP contribution in [0.1, 0.15) is 33.1 Å². The Balaban J connectivity index is 2.21. The van der Waals surface area contributed by atoms with Gasteiger partial charge in [0.1, 0.15) is 0 Å². The predicted molar refractivity (Wildman–Crippen MR) is 50.0 cm³/mol. The molecule has 1 aliphatic rings. The van der Waals surface area contributed by atoms with E-state index < -0.39 is 6.43 Å². The first-order valence-corrected chi connectivity index (χ1v) is 5.11. The van der Waals surface area contributed by atoms with Gasteiger partial charge in [-0.1, -0.05) is 13.8 Å². The lowest BCUT2D eigenvalue weighted by Crippen LogP contribution is -2.38. The summed E-state index contributed by atoms with van der Waals surface area (Å²) in [5, 5.41) is 2.92. The molecule has 1 nitrogen and oxygen atoms in total. The van der Waals surface area contributed by atoms with Crippen LogP contribution in [0.4, 0.5) is 8.78 Å². The lowest BCUT2D eigenvalue weighted by Gasteiger charge is -2.32. The molecule has 0 aliphatic heterocycles. The lowest BCUT2D eigenvalue weighted by molar-refractivity contribution is 0.130. The molecule has 0 aromatic rings. The van der Waals surface area contributed by atoms with Crippen molar-refractivity contribution in [2.75, 3.05) is 6.54 Å². The molecule has 0 saturated heterocycles. The van der Waals surface area contributed by atoms with E-state index in [1.165, 1.54) is 6.42 Å². The first-order valence-electron chi connectivity index (χ1n) is 5.11. The number of hydrogen-bond donors (Lipinski definition) is 1. The van der Waals surface area contributed by atoms with Gasteiger partial charge in [0.2, 0.25) is 0 Å². The van der Waals surface area contributed by atoms with Crippen LogP contribution in [0.5, 0.6) is 0 Å². The van der Waals surface area contributed by atoms with E-state index in [0.717, 1.165) is 18.8 Å². The molecule has 3 atom stereocenters. The Morgan fingerprint density at radius 3 is 2.46 bits per heavy atom. The number of hydrogen-bond acceptors (Lipinski definition) is 1. The van der Waals surface area contributed by atoms with Crippen LogP contribution in [-0.4, -0.2) is 19.0 Å². The average Bonchev–Trinajstić information content (AvgIpc) is 2.07. The maximum atomic E-state index is 11.9. The van der Waals surface area contributed by atoms with E-state index in [4.69, 9.17) is 0 Å². The second-order valence-corrected chi connectivity index (χ2v) is 4.26. The fraction of sp³-hybridized carbons (Fsp3) is 1.00. The molecule has 1 saturated carbocycles. The molecule has 0 heterocycles. The first-order chi connectivity index (χ1) is 6.09. The van der Waals surface area contributed by atoms with Gasteiger partial charge in [-0.3, -0.25) is 0 Å². The van der Waals surface area contributed by atoms with E-state index in [0.29, 0.717) is 12.0 Å². The van der Waals surface area contributed by atoms with Crippen molar-refractivity contribution < 1.29 is 8.78 Å². The molecule has 3 unspecified atom stereocenters. The number of halogens is 2. The van der Waals surface area contributed by atoms with Gasteiger partial charge in [-0.25, -0.2) is 8.78 Å². The standard InChI is InChI=1S/C10H19F2N/c1-7-3-4-9(5-8(7)2)13-6-10(11)12/h7-10,13H,3-6H2,1-2H3. The molecule has 1 fully saturated rings. The van der Waals surface area contributed by atoms with E-state index in [1.54, 1.807) is 0 Å². The van der Waals surface area contributed by atoms with E-state index in [9.17, 15) is 8.78 Å². The van der Waals surface area contributed by atoms with Crippen molar-refractivity contribution >= 4 is 0 Å². The molecule has 1 rings (SSSR count). The monoisotopic (exact) mass is 191 g/mol. The van der Waals surface area contributed by atoms with Gasteiger partial charge in [-0.2, -0.15) is 0 Å². The fourth-order valence-electron chi connectivity index (χ4n) is 1.99. The Bertz CT molecular complexity index is 150. The minimum absolute atomic E-state index is 0.147. The molecule has 78 valence electrons. The van der Waals surface area contributed by atoms with Gasteiger partial charge in [-0.15, -0.1) is 0 Å². The smallest absolute Gasteiger partial charge is 0.250 e.